The van der Waals surface area contributed by atoms with E-state index < -0.39 is 0 Å². The number of hydrogen-bond donors (Lipinski definition) is 0. The Kier molecular flexibility index (Phi) is 7.30. The molecule has 0 radical (unpaired) electrons. The van der Waals surface area contributed by atoms with Gasteiger partial charge < -0.3 is 4.90 Å². The summed E-state index contributed by atoms with van der Waals surface area (Å²) in [5, 5.41) is 0. The number of thiocarbonyl (C=S) groups is 1. The molecule has 2 aliphatic rings. The number of fused-ring (bicyclic) bond motifs is 1. The number of aromatic nitrogens is 2. The number of rotatable bonds is 8. The van der Waals surface area contributed by atoms with Gasteiger partial charge in [-0.05, 0) is 43.9 Å². The van der Waals surface area contributed by atoms with Crippen LogP contribution in [-0.2, 0) is 4.79 Å². The molecule has 8 heteroatoms. The Labute approximate surface area is 198 Å². The number of carbonyl (C=O) groups is 1. The highest BCUT2D eigenvalue weighted by molar-refractivity contribution is 8.26. The van der Waals surface area contributed by atoms with E-state index in [4.69, 9.17) is 17.2 Å². The molecule has 0 aliphatic carbocycles. The molecule has 170 valence electrons. The van der Waals surface area contributed by atoms with E-state index in [1.165, 1.54) is 31.0 Å². The first-order valence-corrected chi connectivity index (χ1v) is 12.8. The molecule has 6 nitrogen and oxygen atoms in total. The summed E-state index contributed by atoms with van der Waals surface area (Å²) in [5.41, 5.74) is 1.94. The molecular formula is C24H30N4O2S2. The van der Waals surface area contributed by atoms with Gasteiger partial charge in [-0.1, -0.05) is 62.7 Å². The van der Waals surface area contributed by atoms with Gasteiger partial charge in [0.2, 0.25) is 0 Å². The van der Waals surface area contributed by atoms with E-state index in [2.05, 4.69) is 11.8 Å². The molecule has 32 heavy (non-hydrogen) atoms. The van der Waals surface area contributed by atoms with Crippen LogP contribution in [0, 0.1) is 6.92 Å². The van der Waals surface area contributed by atoms with Crippen molar-refractivity contribution in [2.45, 2.75) is 58.8 Å². The monoisotopic (exact) mass is 470 g/mol. The number of thioether (sulfide) groups is 1. The van der Waals surface area contributed by atoms with Crippen molar-refractivity contribution >= 4 is 51.7 Å². The highest BCUT2D eigenvalue weighted by atomic mass is 32.2. The van der Waals surface area contributed by atoms with Crippen molar-refractivity contribution in [1.29, 1.82) is 0 Å². The lowest BCUT2D eigenvalue weighted by atomic mass is 10.1. The summed E-state index contributed by atoms with van der Waals surface area (Å²) < 4.78 is 2.15. The molecule has 2 fully saturated rings. The second-order valence-electron chi connectivity index (χ2n) is 8.48. The Bertz CT molecular complexity index is 1120. The molecule has 4 rings (SSSR count). The first-order valence-electron chi connectivity index (χ1n) is 11.5. The van der Waals surface area contributed by atoms with Gasteiger partial charge in [0.05, 0.1) is 10.5 Å². The van der Waals surface area contributed by atoms with Crippen LogP contribution in [0.15, 0.2) is 28.0 Å². The number of unbranched alkanes of at least 4 members (excludes halogenated alkanes) is 4. The Hall–Kier alpha value is -2.19. The van der Waals surface area contributed by atoms with E-state index in [9.17, 15) is 9.59 Å². The largest absolute Gasteiger partial charge is 0.356 e. The molecule has 0 unspecified atom stereocenters. The van der Waals surface area contributed by atoms with Crippen molar-refractivity contribution < 1.29 is 4.79 Å². The van der Waals surface area contributed by atoms with Gasteiger partial charge in [0.15, 0.2) is 0 Å². The fourth-order valence-electron chi connectivity index (χ4n) is 4.29. The lowest BCUT2D eigenvalue weighted by Gasteiger charge is -2.20. The first kappa shape index (κ1) is 23.0. The highest BCUT2D eigenvalue weighted by Crippen LogP contribution is 2.34. The highest BCUT2D eigenvalue weighted by Gasteiger charge is 2.32. The van der Waals surface area contributed by atoms with Crippen LogP contribution in [0.4, 0.5) is 5.82 Å². The second-order valence-corrected chi connectivity index (χ2v) is 10.2. The fourth-order valence-corrected chi connectivity index (χ4v) is 5.58. The summed E-state index contributed by atoms with van der Waals surface area (Å²) in [4.78, 5) is 35.8. The summed E-state index contributed by atoms with van der Waals surface area (Å²) in [6.07, 6.45) is 11.2. The summed E-state index contributed by atoms with van der Waals surface area (Å²) in [6, 6.07) is 3.81. The number of anilines is 1. The zero-order chi connectivity index (χ0) is 22.7. The third kappa shape index (κ3) is 4.62. The number of pyridine rings is 1. The van der Waals surface area contributed by atoms with Crippen LogP contribution in [0.2, 0.25) is 0 Å². The van der Waals surface area contributed by atoms with Crippen LogP contribution in [-0.4, -0.2) is 44.1 Å². The van der Waals surface area contributed by atoms with Gasteiger partial charge in [-0.25, -0.2) is 4.98 Å². The van der Waals surface area contributed by atoms with Crippen molar-refractivity contribution in [1.82, 2.24) is 14.3 Å². The normalized spacial score (nSPS) is 18.0. The number of carbonyl (C=O) groups excluding carboxylic acids is 1. The van der Waals surface area contributed by atoms with Gasteiger partial charge in [-0.2, -0.15) is 0 Å². The zero-order valence-corrected chi connectivity index (χ0v) is 20.4. The maximum atomic E-state index is 13.5. The van der Waals surface area contributed by atoms with Crippen LogP contribution in [0.1, 0.15) is 63.0 Å². The molecule has 0 aromatic carbocycles. The Morgan fingerprint density at radius 1 is 1.16 bits per heavy atom. The van der Waals surface area contributed by atoms with Crippen LogP contribution in [0.25, 0.3) is 11.7 Å². The molecule has 2 aromatic heterocycles. The Morgan fingerprint density at radius 3 is 2.66 bits per heavy atom. The smallest absolute Gasteiger partial charge is 0.267 e. The first-order chi connectivity index (χ1) is 15.5. The molecule has 0 bridgehead atoms. The zero-order valence-electron chi connectivity index (χ0n) is 18.8. The molecule has 1 amide bonds. The number of nitrogens with zero attached hydrogens (tertiary/aromatic N) is 4. The minimum absolute atomic E-state index is 0.100. The Morgan fingerprint density at radius 2 is 1.91 bits per heavy atom. The van der Waals surface area contributed by atoms with E-state index >= 15 is 0 Å². The Balaban J connectivity index is 1.68. The van der Waals surface area contributed by atoms with Crippen molar-refractivity contribution in [3.63, 3.8) is 0 Å². The van der Waals surface area contributed by atoms with Crippen molar-refractivity contribution in [2.75, 3.05) is 24.5 Å². The lowest BCUT2D eigenvalue weighted by Crippen LogP contribution is -2.29. The van der Waals surface area contributed by atoms with Crippen molar-refractivity contribution in [3.8, 4) is 0 Å². The number of aryl methyl sites for hydroxylation is 1. The third-order valence-electron chi connectivity index (χ3n) is 6.10. The van der Waals surface area contributed by atoms with Crippen LogP contribution >= 0.6 is 24.0 Å². The molecule has 4 heterocycles. The van der Waals surface area contributed by atoms with Gasteiger partial charge in [0.1, 0.15) is 15.8 Å². The minimum Gasteiger partial charge on any atom is -0.356 e. The van der Waals surface area contributed by atoms with E-state index in [0.29, 0.717) is 32.8 Å². The maximum Gasteiger partial charge on any atom is 0.267 e. The van der Waals surface area contributed by atoms with E-state index in [0.717, 1.165) is 44.3 Å². The molecule has 0 atom stereocenters. The maximum absolute atomic E-state index is 13.5. The summed E-state index contributed by atoms with van der Waals surface area (Å²) >= 11 is 6.78. The van der Waals surface area contributed by atoms with Gasteiger partial charge in [0.25, 0.3) is 11.5 Å². The molecule has 2 aliphatic heterocycles. The van der Waals surface area contributed by atoms with E-state index in [1.807, 2.05) is 19.1 Å². The van der Waals surface area contributed by atoms with Crippen LogP contribution in [0.5, 0.6) is 0 Å². The van der Waals surface area contributed by atoms with Crippen molar-refractivity contribution in [3.05, 3.63) is 44.7 Å². The van der Waals surface area contributed by atoms with Gasteiger partial charge in [-0.15, -0.1) is 0 Å². The van der Waals surface area contributed by atoms with Crippen molar-refractivity contribution in [2.24, 2.45) is 0 Å². The minimum atomic E-state index is -0.148. The SMILES string of the molecule is CCCCCCCN1C(=O)C(=Cc2c(N3CCCC3)nc3c(C)cccn3c2=O)SC1=S. The van der Waals surface area contributed by atoms with E-state index in [-0.39, 0.29) is 11.5 Å². The second kappa shape index (κ2) is 10.2. The summed E-state index contributed by atoms with van der Waals surface area (Å²) in [6.45, 7) is 6.52. The summed E-state index contributed by atoms with van der Waals surface area (Å²) in [5.74, 6) is 0.572. The average Bonchev–Trinajstić information content (AvgIpc) is 3.40. The number of amides is 1. The van der Waals surface area contributed by atoms with Gasteiger partial charge in [-0.3, -0.25) is 18.9 Å². The van der Waals surface area contributed by atoms with Crippen LogP contribution < -0.4 is 10.5 Å². The standard InChI is InChI=1S/C24H30N4O2S2/c1-3-4-5-6-7-14-28-23(30)19(32-24(28)31)16-18-21(26-12-8-9-13-26)25-20-17(2)11-10-15-27(20)22(18)29/h10-11,15-16H,3-9,12-14H2,1-2H3. The molecule has 2 aromatic rings. The summed E-state index contributed by atoms with van der Waals surface area (Å²) in [7, 11) is 0. The predicted molar refractivity (Wildman–Crippen MR) is 136 cm³/mol. The van der Waals surface area contributed by atoms with Gasteiger partial charge in [0, 0.05) is 25.8 Å². The third-order valence-corrected chi connectivity index (χ3v) is 7.48. The van der Waals surface area contributed by atoms with Crippen LogP contribution in [0.3, 0.4) is 0 Å². The molecule has 0 N–H and O–H groups in total. The topological polar surface area (TPSA) is 57.9 Å². The quantitative estimate of drug-likeness (QED) is 0.315. The predicted octanol–water partition coefficient (Wildman–Crippen LogP) is 4.77. The average molecular weight is 471 g/mol. The molecule has 0 saturated carbocycles. The number of hydrogen-bond acceptors (Lipinski definition) is 6. The lowest BCUT2D eigenvalue weighted by molar-refractivity contribution is -0.122. The fraction of sp³-hybridized carbons (Fsp3) is 0.500. The van der Waals surface area contributed by atoms with E-state index in [1.54, 1.807) is 21.6 Å². The van der Waals surface area contributed by atoms with Gasteiger partial charge >= 0.3 is 0 Å². The molecular weight excluding hydrogens is 440 g/mol. The molecule has 0 spiro atoms. The molecule has 2 saturated heterocycles.